The van der Waals surface area contributed by atoms with Crippen LogP contribution in [0.2, 0.25) is 0 Å². The van der Waals surface area contributed by atoms with Crippen LogP contribution in [0.1, 0.15) is 64.9 Å². The average Bonchev–Trinajstić information content (AvgIpc) is 3.16. The van der Waals surface area contributed by atoms with Crippen LogP contribution < -0.4 is 5.32 Å². The van der Waals surface area contributed by atoms with Crippen molar-refractivity contribution in [1.82, 2.24) is 15.2 Å². The Kier molecular flexibility index (Phi) is 6.43. The van der Waals surface area contributed by atoms with Crippen LogP contribution >= 0.6 is 11.3 Å². The fourth-order valence-electron chi connectivity index (χ4n) is 2.95. The molecule has 1 saturated heterocycles. The van der Waals surface area contributed by atoms with Gasteiger partial charge in [-0.1, -0.05) is 13.8 Å². The first-order valence-electron chi connectivity index (χ1n) is 8.86. The lowest BCUT2D eigenvalue weighted by Crippen LogP contribution is -2.48. The van der Waals surface area contributed by atoms with Gasteiger partial charge in [0.1, 0.15) is 16.7 Å². The molecule has 0 bridgehead atoms. The molecule has 2 amide bonds. The van der Waals surface area contributed by atoms with Crippen LogP contribution in [0.5, 0.6) is 0 Å². The number of hydrogen-bond donors (Lipinski definition) is 1. The van der Waals surface area contributed by atoms with Crippen LogP contribution in [0.25, 0.3) is 0 Å². The van der Waals surface area contributed by atoms with E-state index in [1.54, 1.807) is 22.4 Å². The molecule has 1 aliphatic rings. The number of ether oxygens (including phenoxy) is 1. The molecule has 1 aliphatic heterocycles. The minimum absolute atomic E-state index is 0.117. The van der Waals surface area contributed by atoms with Crippen LogP contribution in [-0.4, -0.2) is 40.1 Å². The van der Waals surface area contributed by atoms with E-state index in [1.807, 2.05) is 26.2 Å². The van der Waals surface area contributed by atoms with Crippen molar-refractivity contribution in [2.75, 3.05) is 6.54 Å². The lowest BCUT2D eigenvalue weighted by molar-refractivity contribution is -0.126. The summed E-state index contributed by atoms with van der Waals surface area (Å²) in [6, 6.07) is -0.585. The molecule has 2 unspecified atom stereocenters. The summed E-state index contributed by atoms with van der Waals surface area (Å²) >= 11 is 1.54. The highest BCUT2D eigenvalue weighted by Crippen LogP contribution is 2.26. The number of carbonyl (C=O) groups is 2. The third kappa shape index (κ3) is 5.70. The number of rotatable bonds is 5. The van der Waals surface area contributed by atoms with Crippen LogP contribution in [0.4, 0.5) is 4.79 Å². The van der Waals surface area contributed by atoms with E-state index in [9.17, 15) is 9.59 Å². The zero-order valence-corrected chi connectivity index (χ0v) is 16.6. The van der Waals surface area contributed by atoms with E-state index < -0.39 is 17.7 Å². The topological polar surface area (TPSA) is 71.5 Å². The summed E-state index contributed by atoms with van der Waals surface area (Å²) in [5.74, 6) is 0.309. The van der Waals surface area contributed by atoms with E-state index in [-0.39, 0.29) is 11.9 Å². The summed E-state index contributed by atoms with van der Waals surface area (Å²) in [6.45, 7) is 10.3. The molecule has 0 spiro atoms. The van der Waals surface area contributed by atoms with Crippen molar-refractivity contribution in [2.45, 2.75) is 71.6 Å². The molecule has 1 fully saturated rings. The molecule has 2 rings (SSSR count). The predicted octanol–water partition coefficient (Wildman–Crippen LogP) is 3.75. The third-order valence-electron chi connectivity index (χ3n) is 3.96. The van der Waals surface area contributed by atoms with E-state index in [1.165, 1.54) is 0 Å². The standard InChI is InChI=1S/C18H29N3O3S/c1-12(2)11-13(16-19-8-10-25-16)20-15(22)14-7-6-9-21(14)17(23)24-18(3,4)5/h8,10,12-14H,6-7,9,11H2,1-5H3,(H,20,22). The first-order valence-corrected chi connectivity index (χ1v) is 9.74. The van der Waals surface area contributed by atoms with Gasteiger partial charge in [0.15, 0.2) is 0 Å². The van der Waals surface area contributed by atoms with Gasteiger partial charge < -0.3 is 10.1 Å². The molecule has 0 radical (unpaired) electrons. The van der Waals surface area contributed by atoms with E-state index in [0.29, 0.717) is 18.9 Å². The lowest BCUT2D eigenvalue weighted by atomic mass is 10.0. The van der Waals surface area contributed by atoms with Crippen molar-refractivity contribution in [3.63, 3.8) is 0 Å². The Bertz CT molecular complexity index is 581. The Morgan fingerprint density at radius 3 is 2.72 bits per heavy atom. The maximum Gasteiger partial charge on any atom is 0.410 e. The predicted molar refractivity (Wildman–Crippen MR) is 98.4 cm³/mol. The number of nitrogens with one attached hydrogen (secondary N) is 1. The molecule has 1 aromatic rings. The molecule has 7 heteroatoms. The van der Waals surface area contributed by atoms with Gasteiger partial charge in [0.05, 0.1) is 6.04 Å². The molecule has 2 heterocycles. The largest absolute Gasteiger partial charge is 0.444 e. The number of likely N-dealkylation sites (tertiary alicyclic amines) is 1. The van der Waals surface area contributed by atoms with Gasteiger partial charge in [0.25, 0.3) is 0 Å². The van der Waals surface area contributed by atoms with Crippen molar-refractivity contribution < 1.29 is 14.3 Å². The number of nitrogens with zero attached hydrogens (tertiary/aromatic N) is 2. The smallest absolute Gasteiger partial charge is 0.410 e. The van der Waals surface area contributed by atoms with Crippen molar-refractivity contribution in [2.24, 2.45) is 5.92 Å². The zero-order valence-electron chi connectivity index (χ0n) is 15.7. The molecular formula is C18H29N3O3S. The van der Waals surface area contributed by atoms with E-state index in [4.69, 9.17) is 4.74 Å². The van der Waals surface area contributed by atoms with Gasteiger partial charge in [-0.05, 0) is 46.0 Å². The van der Waals surface area contributed by atoms with Gasteiger partial charge in [-0.15, -0.1) is 11.3 Å². The first kappa shape index (κ1) is 19.7. The molecule has 0 saturated carbocycles. The first-order chi connectivity index (χ1) is 11.7. The Balaban J connectivity index is 2.05. The average molecular weight is 368 g/mol. The van der Waals surface area contributed by atoms with Crippen LogP contribution in [0, 0.1) is 5.92 Å². The second kappa shape index (κ2) is 8.17. The number of aromatic nitrogens is 1. The Morgan fingerprint density at radius 2 is 2.16 bits per heavy atom. The van der Waals surface area contributed by atoms with Crippen molar-refractivity contribution in [3.8, 4) is 0 Å². The molecule has 1 N–H and O–H groups in total. The summed E-state index contributed by atoms with van der Waals surface area (Å²) in [5.41, 5.74) is -0.568. The second-order valence-corrected chi connectivity index (χ2v) is 8.82. The van der Waals surface area contributed by atoms with E-state index >= 15 is 0 Å². The van der Waals surface area contributed by atoms with Crippen molar-refractivity contribution in [1.29, 1.82) is 0 Å². The number of hydrogen-bond acceptors (Lipinski definition) is 5. The molecule has 0 aliphatic carbocycles. The normalized spacial score (nSPS) is 19.1. The monoisotopic (exact) mass is 367 g/mol. The maximum absolute atomic E-state index is 12.8. The van der Waals surface area contributed by atoms with Gasteiger partial charge in [-0.3, -0.25) is 9.69 Å². The fourth-order valence-corrected chi connectivity index (χ4v) is 3.65. The minimum Gasteiger partial charge on any atom is -0.444 e. The second-order valence-electron chi connectivity index (χ2n) is 7.89. The summed E-state index contributed by atoms with van der Waals surface area (Å²) in [5, 5.41) is 5.92. The molecule has 6 nitrogen and oxygen atoms in total. The summed E-state index contributed by atoms with van der Waals surface area (Å²) < 4.78 is 5.44. The molecular weight excluding hydrogens is 338 g/mol. The molecule has 0 aromatic carbocycles. The van der Waals surface area contributed by atoms with Gasteiger partial charge in [-0.25, -0.2) is 9.78 Å². The number of carbonyl (C=O) groups excluding carboxylic acids is 2. The molecule has 140 valence electrons. The highest BCUT2D eigenvalue weighted by atomic mass is 32.1. The number of thiazole rings is 1. The molecule has 25 heavy (non-hydrogen) atoms. The summed E-state index contributed by atoms with van der Waals surface area (Å²) in [7, 11) is 0. The zero-order chi connectivity index (χ0) is 18.6. The van der Waals surface area contributed by atoms with Gasteiger partial charge in [0.2, 0.25) is 5.91 Å². The van der Waals surface area contributed by atoms with Crippen molar-refractivity contribution >= 4 is 23.3 Å². The van der Waals surface area contributed by atoms with Crippen LogP contribution in [-0.2, 0) is 9.53 Å². The Morgan fingerprint density at radius 1 is 1.44 bits per heavy atom. The fraction of sp³-hybridized carbons (Fsp3) is 0.722. The summed E-state index contributed by atoms with van der Waals surface area (Å²) in [6.07, 6.45) is 3.63. The van der Waals surface area contributed by atoms with E-state index in [2.05, 4.69) is 24.1 Å². The van der Waals surface area contributed by atoms with Gasteiger partial charge in [0, 0.05) is 18.1 Å². The molecule has 2 atom stereocenters. The highest BCUT2D eigenvalue weighted by Gasteiger charge is 2.37. The van der Waals surface area contributed by atoms with Gasteiger partial charge in [-0.2, -0.15) is 0 Å². The summed E-state index contributed by atoms with van der Waals surface area (Å²) in [4.78, 5) is 31.1. The van der Waals surface area contributed by atoms with Crippen LogP contribution in [0.15, 0.2) is 11.6 Å². The SMILES string of the molecule is CC(C)CC(NC(=O)C1CCCN1C(=O)OC(C)(C)C)c1nccs1. The van der Waals surface area contributed by atoms with Crippen molar-refractivity contribution in [3.05, 3.63) is 16.6 Å². The van der Waals surface area contributed by atoms with E-state index in [0.717, 1.165) is 17.8 Å². The molecule has 1 aromatic heterocycles. The van der Waals surface area contributed by atoms with Crippen LogP contribution in [0.3, 0.4) is 0 Å². The Hall–Kier alpha value is -1.63. The highest BCUT2D eigenvalue weighted by molar-refractivity contribution is 7.09. The lowest BCUT2D eigenvalue weighted by Gasteiger charge is -2.29. The maximum atomic E-state index is 12.8. The minimum atomic E-state index is -0.568. The third-order valence-corrected chi connectivity index (χ3v) is 4.85. The number of amides is 2. The Labute approximate surface area is 154 Å². The van der Waals surface area contributed by atoms with Gasteiger partial charge >= 0.3 is 6.09 Å². The quantitative estimate of drug-likeness (QED) is 0.860.